The molecule has 216 valence electrons. The highest BCUT2D eigenvalue weighted by Gasteiger charge is 2.29. The minimum atomic E-state index is -0.0123. The van der Waals surface area contributed by atoms with Gasteiger partial charge in [0.05, 0.1) is 18.8 Å². The lowest BCUT2D eigenvalue weighted by Gasteiger charge is -2.38. The Kier molecular flexibility index (Phi) is 10.2. The number of fused-ring (bicyclic) bond motifs is 1. The fraction of sp³-hybridized carbons (Fsp3) is 0.562. The highest BCUT2D eigenvalue weighted by molar-refractivity contribution is 5.91. The summed E-state index contributed by atoms with van der Waals surface area (Å²) < 4.78 is 6.31. The van der Waals surface area contributed by atoms with Crippen LogP contribution >= 0.6 is 0 Å². The molecule has 1 amide bonds. The van der Waals surface area contributed by atoms with Crippen molar-refractivity contribution >= 4 is 23.6 Å². The molecule has 1 aromatic carbocycles. The van der Waals surface area contributed by atoms with Crippen LogP contribution in [-0.4, -0.2) is 73.4 Å². The van der Waals surface area contributed by atoms with E-state index in [1.165, 1.54) is 46.9 Å². The number of hydrogen-bond donors (Lipinski definition) is 0. The van der Waals surface area contributed by atoms with E-state index in [2.05, 4.69) is 61.2 Å². The molecule has 1 fully saturated rings. The number of ether oxygens (including phenoxy) is 1. The molecule has 0 bridgehead atoms. The molecule has 1 atom stereocenters. The molecular weight excluding hydrogens is 500 g/mol. The molecule has 3 heterocycles. The highest BCUT2D eigenvalue weighted by Crippen LogP contribution is 2.35. The Bertz CT molecular complexity index is 1220. The van der Waals surface area contributed by atoms with Crippen LogP contribution in [0.4, 0.5) is 11.5 Å². The lowest BCUT2D eigenvalue weighted by Crippen LogP contribution is -2.49. The summed E-state index contributed by atoms with van der Waals surface area (Å²) in [5.74, 6) is 1.45. The second-order valence-corrected chi connectivity index (χ2v) is 11.0. The Morgan fingerprint density at radius 3 is 2.52 bits per heavy atom. The number of carbonyl (C=O) groups is 1. The SMILES string of the molecule is C=CC(=O)N1CCN(c2nc(OCC(CC)CCCC)nc3c2CCN(c2c(C)ccc(C)c2C=NC)C3)CC1. The van der Waals surface area contributed by atoms with Gasteiger partial charge in [0.2, 0.25) is 5.91 Å². The van der Waals surface area contributed by atoms with E-state index >= 15 is 0 Å². The molecule has 1 aromatic heterocycles. The van der Waals surface area contributed by atoms with E-state index in [9.17, 15) is 4.79 Å². The topological polar surface area (TPSA) is 74.2 Å². The number of amides is 1. The molecule has 4 rings (SSSR count). The molecule has 0 N–H and O–H groups in total. The van der Waals surface area contributed by atoms with Crippen molar-refractivity contribution in [3.05, 3.63) is 52.7 Å². The fourth-order valence-corrected chi connectivity index (χ4v) is 5.79. The Morgan fingerprint density at radius 1 is 1.10 bits per heavy atom. The number of hydrogen-bond acceptors (Lipinski definition) is 7. The standard InChI is InChI=1S/C32H46N6O2/c1-7-10-11-25(8-2)22-40-32-34-28-21-38(30-24(5)13-12-23(4)27(30)20-33-6)15-14-26(28)31(35-32)37-18-16-36(17-19-37)29(39)9-3/h9,12-13,20,25H,3,7-8,10-11,14-19,21-22H2,1-2,4-6H3. The van der Waals surface area contributed by atoms with Crippen LogP contribution in [0, 0.1) is 19.8 Å². The Hall–Kier alpha value is -3.42. The number of carbonyl (C=O) groups excluding carboxylic acids is 1. The van der Waals surface area contributed by atoms with E-state index < -0.39 is 0 Å². The predicted molar refractivity (Wildman–Crippen MR) is 164 cm³/mol. The molecule has 1 unspecified atom stereocenters. The fourth-order valence-electron chi connectivity index (χ4n) is 5.79. The van der Waals surface area contributed by atoms with E-state index in [1.54, 1.807) is 0 Å². The first kappa shape index (κ1) is 29.6. The van der Waals surface area contributed by atoms with E-state index in [1.807, 2.05) is 18.2 Å². The van der Waals surface area contributed by atoms with E-state index in [0.717, 1.165) is 50.4 Å². The summed E-state index contributed by atoms with van der Waals surface area (Å²) in [5.41, 5.74) is 7.06. The molecule has 40 heavy (non-hydrogen) atoms. The number of aromatic nitrogens is 2. The Morgan fingerprint density at radius 2 is 1.85 bits per heavy atom. The zero-order valence-electron chi connectivity index (χ0n) is 25.1. The maximum atomic E-state index is 12.2. The van der Waals surface area contributed by atoms with Crippen molar-refractivity contribution in [3.8, 4) is 6.01 Å². The van der Waals surface area contributed by atoms with Crippen molar-refractivity contribution in [3.63, 3.8) is 0 Å². The van der Waals surface area contributed by atoms with Crippen LogP contribution in [0.1, 0.15) is 67.5 Å². The van der Waals surface area contributed by atoms with Gasteiger partial charge < -0.3 is 19.4 Å². The number of aryl methyl sites for hydroxylation is 2. The number of benzene rings is 1. The van der Waals surface area contributed by atoms with Gasteiger partial charge in [-0.1, -0.05) is 51.8 Å². The van der Waals surface area contributed by atoms with Crippen LogP contribution in [0.5, 0.6) is 6.01 Å². The maximum Gasteiger partial charge on any atom is 0.318 e. The predicted octanol–water partition coefficient (Wildman–Crippen LogP) is 5.13. The van der Waals surface area contributed by atoms with Gasteiger partial charge in [-0.25, -0.2) is 0 Å². The molecule has 2 aliphatic heterocycles. The number of anilines is 2. The summed E-state index contributed by atoms with van der Waals surface area (Å²) in [6.45, 7) is 17.4. The number of nitrogens with zero attached hydrogens (tertiary/aromatic N) is 6. The smallest absolute Gasteiger partial charge is 0.318 e. The van der Waals surface area contributed by atoms with Gasteiger partial charge in [-0.2, -0.15) is 9.97 Å². The van der Waals surface area contributed by atoms with Gasteiger partial charge in [0, 0.05) is 62.8 Å². The molecule has 8 nitrogen and oxygen atoms in total. The van der Waals surface area contributed by atoms with Gasteiger partial charge in [-0.05, 0) is 49.8 Å². The maximum absolute atomic E-state index is 12.2. The second kappa shape index (κ2) is 13.8. The third-order valence-electron chi connectivity index (χ3n) is 8.29. The van der Waals surface area contributed by atoms with Crippen LogP contribution in [0.25, 0.3) is 0 Å². The van der Waals surface area contributed by atoms with Gasteiger partial charge in [0.25, 0.3) is 0 Å². The van der Waals surface area contributed by atoms with Gasteiger partial charge in [-0.3, -0.25) is 9.79 Å². The number of unbranched alkanes of at least 4 members (excludes halogenated alkanes) is 1. The first-order valence-corrected chi connectivity index (χ1v) is 14.9. The normalized spacial score (nSPS) is 16.3. The van der Waals surface area contributed by atoms with Crippen LogP contribution in [0.3, 0.4) is 0 Å². The lowest BCUT2D eigenvalue weighted by molar-refractivity contribution is -0.126. The zero-order valence-corrected chi connectivity index (χ0v) is 25.1. The summed E-state index contributed by atoms with van der Waals surface area (Å²) in [4.78, 5) is 33.1. The van der Waals surface area contributed by atoms with Gasteiger partial charge in [0.15, 0.2) is 0 Å². The van der Waals surface area contributed by atoms with Crippen molar-refractivity contribution in [2.45, 2.75) is 66.3 Å². The van der Waals surface area contributed by atoms with Crippen LogP contribution in [0.2, 0.25) is 0 Å². The molecule has 1 saturated heterocycles. The first-order chi connectivity index (χ1) is 19.4. The molecule has 2 aliphatic rings. The average Bonchev–Trinajstić information content (AvgIpc) is 2.98. The summed E-state index contributed by atoms with van der Waals surface area (Å²) in [5, 5.41) is 0. The average molecular weight is 547 g/mol. The largest absolute Gasteiger partial charge is 0.463 e. The van der Waals surface area contributed by atoms with Crippen molar-refractivity contribution in [2.24, 2.45) is 10.9 Å². The molecule has 0 aliphatic carbocycles. The Balaban J connectivity index is 1.66. The molecule has 0 spiro atoms. The minimum absolute atomic E-state index is 0.0123. The number of piperazine rings is 1. The molecule has 0 radical (unpaired) electrons. The second-order valence-electron chi connectivity index (χ2n) is 11.0. The molecule has 8 heteroatoms. The van der Waals surface area contributed by atoms with Gasteiger partial charge in [0.1, 0.15) is 5.82 Å². The van der Waals surface area contributed by atoms with E-state index in [4.69, 9.17) is 14.7 Å². The van der Waals surface area contributed by atoms with Gasteiger partial charge >= 0.3 is 6.01 Å². The number of rotatable bonds is 11. The number of aliphatic imine (C=N–C) groups is 1. The summed E-state index contributed by atoms with van der Waals surface area (Å²) >= 11 is 0. The van der Waals surface area contributed by atoms with E-state index in [-0.39, 0.29) is 5.91 Å². The third kappa shape index (κ3) is 6.65. The van der Waals surface area contributed by atoms with Crippen molar-refractivity contribution in [1.29, 1.82) is 0 Å². The van der Waals surface area contributed by atoms with Crippen molar-refractivity contribution in [1.82, 2.24) is 14.9 Å². The van der Waals surface area contributed by atoms with Crippen LogP contribution in [0.15, 0.2) is 29.8 Å². The van der Waals surface area contributed by atoms with Crippen molar-refractivity contribution in [2.75, 3.05) is 56.2 Å². The monoisotopic (exact) mass is 546 g/mol. The van der Waals surface area contributed by atoms with Gasteiger partial charge in [-0.15, -0.1) is 0 Å². The Labute approximate surface area is 240 Å². The molecular formula is C32H46N6O2. The quantitative estimate of drug-likeness (QED) is 0.287. The summed E-state index contributed by atoms with van der Waals surface area (Å²) in [6.07, 6.45) is 8.86. The van der Waals surface area contributed by atoms with Crippen LogP contribution < -0.4 is 14.5 Å². The lowest BCUT2D eigenvalue weighted by atomic mass is 9.98. The molecule has 0 saturated carbocycles. The van der Waals surface area contributed by atoms with Crippen molar-refractivity contribution < 1.29 is 9.53 Å². The minimum Gasteiger partial charge on any atom is -0.463 e. The molecule has 2 aromatic rings. The first-order valence-electron chi connectivity index (χ1n) is 14.9. The summed E-state index contributed by atoms with van der Waals surface area (Å²) in [6, 6.07) is 4.82. The van der Waals surface area contributed by atoms with E-state index in [0.29, 0.717) is 38.2 Å². The van der Waals surface area contributed by atoms with Crippen LogP contribution in [-0.2, 0) is 17.8 Å². The highest BCUT2D eigenvalue weighted by atomic mass is 16.5. The zero-order chi connectivity index (χ0) is 28.6. The summed E-state index contributed by atoms with van der Waals surface area (Å²) in [7, 11) is 1.83. The third-order valence-corrected chi connectivity index (χ3v) is 8.29.